The van der Waals surface area contributed by atoms with Crippen molar-refractivity contribution in [3.8, 4) is 11.3 Å². The van der Waals surface area contributed by atoms with Gasteiger partial charge >= 0.3 is 18.0 Å². The molecule has 0 spiro atoms. The van der Waals surface area contributed by atoms with Crippen LogP contribution in [0.4, 0.5) is 4.79 Å². The summed E-state index contributed by atoms with van der Waals surface area (Å²) < 4.78 is 10.7. The van der Waals surface area contributed by atoms with E-state index in [9.17, 15) is 14.4 Å². The van der Waals surface area contributed by atoms with E-state index in [1.165, 1.54) is 0 Å². The number of esters is 2. The molecule has 174 valence electrons. The van der Waals surface area contributed by atoms with Gasteiger partial charge in [-0.25, -0.2) is 19.4 Å². The number of ether oxygens (including phenoxy) is 2. The SMILES string of the molecule is CCOC(=O)C1=C(COC(=O)c2cc(-c3ccccc3)nc3ccccc23)NC(=O)N[C@@H]1CC. The predicted molar refractivity (Wildman–Crippen MR) is 127 cm³/mol. The molecule has 2 heterocycles. The van der Waals surface area contributed by atoms with E-state index in [2.05, 4.69) is 15.6 Å². The third-order valence-electron chi connectivity index (χ3n) is 5.50. The Morgan fingerprint density at radius 2 is 1.71 bits per heavy atom. The first-order valence-electron chi connectivity index (χ1n) is 11.1. The molecule has 0 bridgehead atoms. The molecular weight excluding hydrogens is 434 g/mol. The molecule has 1 aliphatic heterocycles. The van der Waals surface area contributed by atoms with Gasteiger partial charge in [-0.15, -0.1) is 0 Å². The lowest BCUT2D eigenvalue weighted by atomic mass is 10.0. The molecule has 0 radical (unpaired) electrons. The fourth-order valence-electron chi connectivity index (χ4n) is 3.89. The number of nitrogens with zero attached hydrogens (tertiary/aromatic N) is 1. The molecule has 34 heavy (non-hydrogen) atoms. The van der Waals surface area contributed by atoms with Crippen LogP contribution < -0.4 is 10.6 Å². The summed E-state index contributed by atoms with van der Waals surface area (Å²) in [6.45, 7) is 3.44. The minimum atomic E-state index is -0.590. The number of hydrogen-bond acceptors (Lipinski definition) is 6. The second kappa shape index (κ2) is 10.2. The lowest BCUT2D eigenvalue weighted by Gasteiger charge is -2.28. The number of amides is 2. The maximum absolute atomic E-state index is 13.2. The average Bonchev–Trinajstić information content (AvgIpc) is 2.86. The van der Waals surface area contributed by atoms with Gasteiger partial charge in [0.2, 0.25) is 0 Å². The fraction of sp³-hybridized carbons (Fsp3) is 0.231. The van der Waals surface area contributed by atoms with Crippen molar-refractivity contribution in [2.45, 2.75) is 26.3 Å². The minimum Gasteiger partial charge on any atom is -0.463 e. The van der Waals surface area contributed by atoms with Crippen molar-refractivity contribution in [1.29, 1.82) is 0 Å². The highest BCUT2D eigenvalue weighted by Crippen LogP contribution is 2.26. The van der Waals surface area contributed by atoms with Gasteiger partial charge in [-0.05, 0) is 25.5 Å². The maximum Gasteiger partial charge on any atom is 0.339 e. The summed E-state index contributed by atoms with van der Waals surface area (Å²) in [5.41, 5.74) is 2.97. The molecule has 2 amide bonds. The van der Waals surface area contributed by atoms with Gasteiger partial charge in [0.1, 0.15) is 6.61 Å². The van der Waals surface area contributed by atoms with E-state index in [4.69, 9.17) is 9.47 Å². The Morgan fingerprint density at radius 3 is 2.44 bits per heavy atom. The fourth-order valence-corrected chi connectivity index (χ4v) is 3.89. The summed E-state index contributed by atoms with van der Waals surface area (Å²) >= 11 is 0. The Labute approximate surface area is 197 Å². The largest absolute Gasteiger partial charge is 0.463 e. The van der Waals surface area contributed by atoms with Gasteiger partial charge in [0.15, 0.2) is 0 Å². The summed E-state index contributed by atoms with van der Waals surface area (Å²) in [6.07, 6.45) is 0.481. The van der Waals surface area contributed by atoms with E-state index in [1.54, 1.807) is 19.1 Å². The number of para-hydroxylation sites is 1. The number of pyridine rings is 1. The zero-order valence-corrected chi connectivity index (χ0v) is 19.0. The van der Waals surface area contributed by atoms with Gasteiger partial charge in [-0.1, -0.05) is 55.5 Å². The Balaban J connectivity index is 1.67. The highest BCUT2D eigenvalue weighted by Gasteiger charge is 2.32. The first kappa shape index (κ1) is 23.0. The molecule has 0 saturated carbocycles. The van der Waals surface area contributed by atoms with Gasteiger partial charge in [0.25, 0.3) is 0 Å². The van der Waals surface area contributed by atoms with E-state index in [0.29, 0.717) is 28.6 Å². The number of aromatic nitrogens is 1. The highest BCUT2D eigenvalue weighted by atomic mass is 16.5. The molecule has 2 aromatic carbocycles. The van der Waals surface area contributed by atoms with Crippen LogP contribution in [0.2, 0.25) is 0 Å². The summed E-state index contributed by atoms with van der Waals surface area (Å²) in [6, 6.07) is 17.5. The van der Waals surface area contributed by atoms with Crippen LogP contribution in [0, 0.1) is 0 Å². The van der Waals surface area contributed by atoms with Crippen LogP contribution in [0.3, 0.4) is 0 Å². The zero-order chi connectivity index (χ0) is 24.1. The number of nitrogens with one attached hydrogen (secondary N) is 2. The molecule has 0 fully saturated rings. The van der Waals surface area contributed by atoms with Crippen LogP contribution in [0.5, 0.6) is 0 Å². The lowest BCUT2D eigenvalue weighted by Crippen LogP contribution is -2.51. The molecule has 0 saturated heterocycles. The topological polar surface area (TPSA) is 107 Å². The summed E-state index contributed by atoms with van der Waals surface area (Å²) in [5, 5.41) is 5.93. The van der Waals surface area contributed by atoms with Gasteiger partial charge < -0.3 is 20.1 Å². The number of carbonyl (C=O) groups is 3. The molecule has 2 N–H and O–H groups in total. The van der Waals surface area contributed by atoms with Crippen LogP contribution in [0.15, 0.2) is 71.9 Å². The number of fused-ring (bicyclic) bond motifs is 1. The average molecular weight is 460 g/mol. The smallest absolute Gasteiger partial charge is 0.339 e. The minimum absolute atomic E-state index is 0.186. The molecule has 8 nitrogen and oxygen atoms in total. The highest BCUT2D eigenvalue weighted by molar-refractivity contribution is 6.04. The molecule has 0 unspecified atom stereocenters. The van der Waals surface area contributed by atoms with Gasteiger partial charge in [-0.3, -0.25) is 0 Å². The van der Waals surface area contributed by atoms with Crippen molar-refractivity contribution in [1.82, 2.24) is 15.6 Å². The Morgan fingerprint density at radius 1 is 0.971 bits per heavy atom. The van der Waals surface area contributed by atoms with Gasteiger partial charge in [0, 0.05) is 10.9 Å². The number of hydrogen-bond donors (Lipinski definition) is 2. The monoisotopic (exact) mass is 459 g/mol. The van der Waals surface area contributed by atoms with Crippen molar-refractivity contribution in [3.63, 3.8) is 0 Å². The number of rotatable bonds is 7. The second-order valence-electron chi connectivity index (χ2n) is 7.69. The number of carbonyl (C=O) groups excluding carboxylic acids is 3. The molecular formula is C26H25N3O5. The van der Waals surface area contributed by atoms with Gasteiger partial charge in [-0.2, -0.15) is 0 Å². The molecule has 3 aromatic rings. The predicted octanol–water partition coefficient (Wildman–Crippen LogP) is 3.97. The van der Waals surface area contributed by atoms with Crippen molar-refractivity contribution in [2.24, 2.45) is 0 Å². The maximum atomic E-state index is 13.2. The Bertz CT molecular complexity index is 1270. The van der Waals surface area contributed by atoms with Crippen LogP contribution >= 0.6 is 0 Å². The third-order valence-corrected chi connectivity index (χ3v) is 5.50. The van der Waals surface area contributed by atoms with Crippen LogP contribution in [0.1, 0.15) is 30.6 Å². The van der Waals surface area contributed by atoms with Crippen molar-refractivity contribution in [3.05, 3.63) is 77.5 Å². The van der Waals surface area contributed by atoms with E-state index in [1.807, 2.05) is 55.5 Å². The zero-order valence-electron chi connectivity index (χ0n) is 19.0. The first-order valence-corrected chi connectivity index (χ1v) is 11.1. The molecule has 1 atom stereocenters. The van der Waals surface area contributed by atoms with Crippen molar-refractivity contribution >= 4 is 28.9 Å². The third kappa shape index (κ3) is 4.76. The summed E-state index contributed by atoms with van der Waals surface area (Å²) in [5.74, 6) is -1.15. The molecule has 4 rings (SSSR count). The van der Waals surface area contributed by atoms with Crippen LogP contribution in [-0.4, -0.2) is 42.2 Å². The van der Waals surface area contributed by atoms with E-state index in [-0.39, 0.29) is 24.5 Å². The Kier molecular flexibility index (Phi) is 6.87. The van der Waals surface area contributed by atoms with Crippen molar-refractivity contribution in [2.75, 3.05) is 13.2 Å². The van der Waals surface area contributed by atoms with E-state index < -0.39 is 24.0 Å². The normalized spacial score (nSPS) is 15.5. The summed E-state index contributed by atoms with van der Waals surface area (Å²) in [4.78, 5) is 42.5. The number of benzene rings is 2. The van der Waals surface area contributed by atoms with Gasteiger partial charge in [0.05, 0.1) is 40.7 Å². The first-order chi connectivity index (χ1) is 16.5. The summed E-state index contributed by atoms with van der Waals surface area (Å²) in [7, 11) is 0. The molecule has 0 aliphatic carbocycles. The van der Waals surface area contributed by atoms with E-state index in [0.717, 1.165) is 5.56 Å². The number of urea groups is 1. The molecule has 1 aromatic heterocycles. The van der Waals surface area contributed by atoms with Crippen molar-refractivity contribution < 1.29 is 23.9 Å². The molecule has 8 heteroatoms. The Hall–Kier alpha value is -4.20. The lowest BCUT2D eigenvalue weighted by molar-refractivity contribution is -0.139. The van der Waals surface area contributed by atoms with Crippen LogP contribution in [-0.2, 0) is 14.3 Å². The second-order valence-corrected chi connectivity index (χ2v) is 7.69. The quantitative estimate of drug-likeness (QED) is 0.518. The van der Waals surface area contributed by atoms with Crippen LogP contribution in [0.25, 0.3) is 22.2 Å². The van der Waals surface area contributed by atoms with E-state index >= 15 is 0 Å². The standard InChI is InChI=1S/C26H25N3O5/c1-3-19-23(25(31)33-4-2)22(29-26(32)28-19)15-34-24(30)18-14-21(16-10-6-5-7-11-16)27-20-13-9-8-12-17(18)20/h5-14,19H,3-4,15H2,1-2H3,(H2,28,29,32)/t19-/m1/s1. The molecule has 1 aliphatic rings.